The minimum Gasteiger partial charge on any atom is -0.485 e. The summed E-state index contributed by atoms with van der Waals surface area (Å²) >= 11 is 0. The van der Waals surface area contributed by atoms with Gasteiger partial charge in [-0.25, -0.2) is 4.79 Å². The Morgan fingerprint density at radius 3 is 2.58 bits per heavy atom. The molecule has 0 atom stereocenters. The summed E-state index contributed by atoms with van der Waals surface area (Å²) in [4.78, 5) is 24.8. The summed E-state index contributed by atoms with van der Waals surface area (Å²) in [5, 5.41) is 0. The van der Waals surface area contributed by atoms with Gasteiger partial charge in [-0.1, -0.05) is 18.2 Å². The van der Waals surface area contributed by atoms with Crippen LogP contribution in [-0.2, 0) is 11.3 Å². The molecule has 1 aliphatic heterocycles. The molecule has 7 nitrogen and oxygen atoms in total. The summed E-state index contributed by atoms with van der Waals surface area (Å²) in [6, 6.07) is 14.4. The largest absolute Gasteiger partial charge is 0.485 e. The Balaban J connectivity index is 1.50. The van der Waals surface area contributed by atoms with Gasteiger partial charge in [-0.2, -0.15) is 0 Å². The number of aryl methyl sites for hydroxylation is 1. The fourth-order valence-corrected chi connectivity index (χ4v) is 3.64. The molecule has 0 saturated heterocycles. The van der Waals surface area contributed by atoms with Gasteiger partial charge in [-0.3, -0.25) is 4.79 Å². The van der Waals surface area contributed by atoms with E-state index in [0.29, 0.717) is 17.9 Å². The van der Waals surface area contributed by atoms with E-state index in [9.17, 15) is 9.59 Å². The van der Waals surface area contributed by atoms with E-state index in [1.807, 2.05) is 38.1 Å². The van der Waals surface area contributed by atoms with Crippen molar-refractivity contribution in [1.29, 1.82) is 0 Å². The van der Waals surface area contributed by atoms with Crippen LogP contribution >= 0.6 is 0 Å². The normalized spacial score (nSPS) is 12.0. The molecule has 4 rings (SSSR count). The van der Waals surface area contributed by atoms with Gasteiger partial charge in [0.2, 0.25) is 12.6 Å². The highest BCUT2D eigenvalue weighted by Gasteiger charge is 2.19. The summed E-state index contributed by atoms with van der Waals surface area (Å²) in [6.07, 6.45) is 0. The van der Waals surface area contributed by atoms with Crippen molar-refractivity contribution >= 4 is 11.8 Å². The summed E-state index contributed by atoms with van der Waals surface area (Å²) in [5.41, 5.74) is 3.74. The Morgan fingerprint density at radius 1 is 1.00 bits per heavy atom. The van der Waals surface area contributed by atoms with E-state index >= 15 is 0 Å². The van der Waals surface area contributed by atoms with Crippen molar-refractivity contribution < 1.29 is 28.5 Å². The third kappa shape index (κ3) is 4.12. The molecule has 0 fully saturated rings. The number of benzene rings is 2. The lowest BCUT2D eigenvalue weighted by Crippen LogP contribution is -2.15. The van der Waals surface area contributed by atoms with Crippen LogP contribution in [0.3, 0.4) is 0 Å². The van der Waals surface area contributed by atoms with E-state index in [-0.39, 0.29) is 24.7 Å². The first kappa shape index (κ1) is 20.5. The summed E-state index contributed by atoms with van der Waals surface area (Å²) < 4.78 is 23.3. The Labute approximate surface area is 180 Å². The van der Waals surface area contributed by atoms with Gasteiger partial charge < -0.3 is 23.5 Å². The number of ketones is 1. The summed E-state index contributed by atoms with van der Waals surface area (Å²) in [6.45, 7) is 4.54. The molecule has 2 heterocycles. The predicted octanol–water partition coefficient (Wildman–Crippen LogP) is 3.93. The number of hydrogen-bond donors (Lipinski definition) is 0. The van der Waals surface area contributed by atoms with Crippen molar-refractivity contribution in [3.05, 3.63) is 76.6 Å². The van der Waals surface area contributed by atoms with Crippen LogP contribution in [0.1, 0.15) is 37.7 Å². The van der Waals surface area contributed by atoms with Gasteiger partial charge >= 0.3 is 5.97 Å². The maximum absolute atomic E-state index is 12.9. The van der Waals surface area contributed by atoms with E-state index in [1.165, 1.54) is 7.11 Å². The van der Waals surface area contributed by atoms with Crippen LogP contribution in [0.2, 0.25) is 0 Å². The summed E-state index contributed by atoms with van der Waals surface area (Å²) in [7, 11) is 1.30. The number of hydrogen-bond acceptors (Lipinski definition) is 6. The zero-order valence-corrected chi connectivity index (χ0v) is 17.6. The van der Waals surface area contributed by atoms with Crippen LogP contribution in [0, 0.1) is 13.8 Å². The molecule has 31 heavy (non-hydrogen) atoms. The second kappa shape index (κ2) is 8.55. The Kier molecular flexibility index (Phi) is 5.66. The van der Waals surface area contributed by atoms with Gasteiger partial charge in [0.1, 0.15) is 11.3 Å². The zero-order chi connectivity index (χ0) is 22.0. The van der Waals surface area contributed by atoms with E-state index in [0.717, 1.165) is 28.5 Å². The minimum atomic E-state index is -0.509. The first-order chi connectivity index (χ1) is 15.0. The average molecular weight is 421 g/mol. The maximum Gasteiger partial charge on any atom is 0.341 e. The number of nitrogens with zero attached hydrogens (tertiary/aromatic N) is 1. The van der Waals surface area contributed by atoms with E-state index in [4.69, 9.17) is 18.9 Å². The van der Waals surface area contributed by atoms with Crippen LogP contribution in [-0.4, -0.2) is 36.8 Å². The molecule has 0 unspecified atom stereocenters. The van der Waals surface area contributed by atoms with E-state index in [2.05, 4.69) is 4.57 Å². The van der Waals surface area contributed by atoms with E-state index in [1.54, 1.807) is 24.3 Å². The fraction of sp³-hybridized carbons (Fsp3) is 0.250. The number of para-hydroxylation sites is 1. The fourth-order valence-electron chi connectivity index (χ4n) is 3.64. The lowest BCUT2D eigenvalue weighted by atomic mass is 10.1. The van der Waals surface area contributed by atoms with Crippen molar-refractivity contribution in [3.63, 3.8) is 0 Å². The van der Waals surface area contributed by atoms with Gasteiger partial charge in [0.15, 0.2) is 18.1 Å². The Hall–Kier alpha value is -3.74. The first-order valence-electron chi connectivity index (χ1n) is 9.86. The third-order valence-electron chi connectivity index (χ3n) is 5.30. The molecule has 160 valence electrons. The molecule has 1 aromatic heterocycles. The molecular formula is C24H23NO6. The van der Waals surface area contributed by atoms with Crippen LogP contribution < -0.4 is 14.2 Å². The number of methoxy groups -OCH3 is 1. The van der Waals surface area contributed by atoms with Gasteiger partial charge in [-0.15, -0.1) is 0 Å². The van der Waals surface area contributed by atoms with Crippen molar-refractivity contribution in [2.45, 2.75) is 20.4 Å². The topological polar surface area (TPSA) is 76.0 Å². The number of ether oxygens (including phenoxy) is 4. The molecule has 2 aromatic carbocycles. The number of fused-ring (bicyclic) bond motifs is 1. The van der Waals surface area contributed by atoms with Crippen molar-refractivity contribution in [3.8, 4) is 17.2 Å². The number of carbonyl (C=O) groups is 2. The zero-order valence-electron chi connectivity index (χ0n) is 17.6. The number of rotatable bonds is 7. The SMILES string of the molecule is COC(=O)c1ccccc1OCC(=O)c1cc(C)n(Cc2ccc3c(c2)OCO3)c1C. The van der Waals surface area contributed by atoms with Gasteiger partial charge in [0, 0.05) is 23.5 Å². The number of carbonyl (C=O) groups excluding carboxylic acids is 2. The third-order valence-corrected chi connectivity index (χ3v) is 5.30. The highest BCUT2D eigenvalue weighted by molar-refractivity contribution is 5.99. The van der Waals surface area contributed by atoms with Crippen molar-refractivity contribution in [2.24, 2.45) is 0 Å². The maximum atomic E-state index is 12.9. The smallest absolute Gasteiger partial charge is 0.341 e. The molecule has 0 amide bonds. The van der Waals surface area contributed by atoms with Gasteiger partial charge in [-0.05, 0) is 49.7 Å². The van der Waals surface area contributed by atoms with Crippen LogP contribution in [0.15, 0.2) is 48.5 Å². The molecule has 0 radical (unpaired) electrons. The molecule has 1 aliphatic rings. The van der Waals surface area contributed by atoms with Crippen molar-refractivity contribution in [2.75, 3.05) is 20.5 Å². The van der Waals surface area contributed by atoms with Crippen LogP contribution in [0.25, 0.3) is 0 Å². The minimum absolute atomic E-state index is 0.162. The van der Waals surface area contributed by atoms with Crippen LogP contribution in [0.4, 0.5) is 0 Å². The molecule has 0 bridgehead atoms. The Morgan fingerprint density at radius 2 is 1.77 bits per heavy atom. The highest BCUT2D eigenvalue weighted by Crippen LogP contribution is 2.33. The monoisotopic (exact) mass is 421 g/mol. The average Bonchev–Trinajstić information content (AvgIpc) is 3.36. The quantitative estimate of drug-likeness (QED) is 0.425. The molecule has 0 saturated carbocycles. The summed E-state index contributed by atoms with van der Waals surface area (Å²) in [5.74, 6) is 1.12. The number of aromatic nitrogens is 1. The standard InChI is InChI=1S/C24H23NO6/c1-15-10-19(20(26)13-29-21-7-5-4-6-18(21)24(27)28-3)16(2)25(15)12-17-8-9-22-23(11-17)31-14-30-22/h4-11H,12-14H2,1-3H3. The molecular weight excluding hydrogens is 398 g/mol. The highest BCUT2D eigenvalue weighted by atomic mass is 16.7. The predicted molar refractivity (Wildman–Crippen MR) is 113 cm³/mol. The molecule has 0 N–H and O–H groups in total. The van der Waals surface area contributed by atoms with Crippen molar-refractivity contribution in [1.82, 2.24) is 4.57 Å². The Bertz CT molecular complexity index is 1150. The molecule has 0 spiro atoms. The number of esters is 1. The first-order valence-corrected chi connectivity index (χ1v) is 9.86. The molecule has 3 aromatic rings. The lowest BCUT2D eigenvalue weighted by molar-refractivity contribution is 0.0594. The van der Waals surface area contributed by atoms with Gasteiger partial charge in [0.25, 0.3) is 0 Å². The second-order valence-electron chi connectivity index (χ2n) is 7.26. The second-order valence-corrected chi connectivity index (χ2v) is 7.26. The van der Waals surface area contributed by atoms with Gasteiger partial charge in [0.05, 0.1) is 7.11 Å². The number of Topliss-reactive ketones (excluding diaryl/α,β-unsaturated/α-hetero) is 1. The van der Waals surface area contributed by atoms with Crippen LogP contribution in [0.5, 0.6) is 17.2 Å². The molecule has 7 heteroatoms. The molecule has 0 aliphatic carbocycles. The lowest BCUT2D eigenvalue weighted by Gasteiger charge is -2.11. The van der Waals surface area contributed by atoms with E-state index < -0.39 is 5.97 Å².